The minimum atomic E-state index is 0.896. The molecule has 3 aromatic rings. The summed E-state index contributed by atoms with van der Waals surface area (Å²) in [5.41, 5.74) is 4.35. The number of anilines is 1. The zero-order valence-corrected chi connectivity index (χ0v) is 11.3. The van der Waals surface area contributed by atoms with Gasteiger partial charge in [-0.1, -0.05) is 25.0 Å². The summed E-state index contributed by atoms with van der Waals surface area (Å²) >= 11 is 0. The molecule has 0 fully saturated rings. The molecule has 2 N–H and O–H groups in total. The first-order valence-corrected chi connectivity index (χ1v) is 6.76. The Balaban J connectivity index is 2.12. The highest BCUT2D eigenvalue weighted by Gasteiger charge is 2.09. The fourth-order valence-corrected chi connectivity index (χ4v) is 2.32. The Hall–Kier alpha value is -2.10. The first-order valence-electron chi connectivity index (χ1n) is 6.76. The lowest BCUT2D eigenvalue weighted by molar-refractivity contribution is 0.831. The van der Waals surface area contributed by atoms with Gasteiger partial charge in [0.2, 0.25) is 0 Å². The lowest BCUT2D eigenvalue weighted by Gasteiger charge is -2.04. The van der Waals surface area contributed by atoms with E-state index in [-0.39, 0.29) is 0 Å². The van der Waals surface area contributed by atoms with E-state index in [1.807, 2.05) is 0 Å². The number of nitrogens with one attached hydrogen (secondary N) is 2. The van der Waals surface area contributed by atoms with Crippen LogP contribution in [-0.4, -0.2) is 21.5 Å². The highest BCUT2D eigenvalue weighted by atomic mass is 15.0. The van der Waals surface area contributed by atoms with Crippen LogP contribution in [-0.2, 0) is 0 Å². The van der Waals surface area contributed by atoms with Crippen molar-refractivity contribution < 1.29 is 0 Å². The molecule has 0 saturated heterocycles. The van der Waals surface area contributed by atoms with E-state index in [1.54, 1.807) is 6.33 Å². The molecule has 98 valence electrons. The number of benzene rings is 1. The molecular weight excluding hydrogens is 236 g/mol. The SMILES string of the molecule is CCCCNc1ncnc2c1[nH]c1ccc(C)cc12. The number of hydrogen-bond acceptors (Lipinski definition) is 3. The topological polar surface area (TPSA) is 53.6 Å². The summed E-state index contributed by atoms with van der Waals surface area (Å²) in [6, 6.07) is 6.37. The van der Waals surface area contributed by atoms with E-state index in [9.17, 15) is 0 Å². The Morgan fingerprint density at radius 3 is 3.00 bits per heavy atom. The molecule has 4 nitrogen and oxygen atoms in total. The molecule has 0 unspecified atom stereocenters. The molecule has 0 radical (unpaired) electrons. The molecule has 19 heavy (non-hydrogen) atoms. The molecule has 0 aliphatic carbocycles. The highest BCUT2D eigenvalue weighted by molar-refractivity contribution is 6.08. The molecule has 3 rings (SSSR count). The standard InChI is InChI=1S/C15H18N4/c1-3-4-7-16-15-14-13(17-9-18-15)11-8-10(2)5-6-12(11)19-14/h5-6,8-9,19H,3-4,7H2,1-2H3,(H,16,17,18). The molecule has 1 aromatic carbocycles. The molecular formula is C15H18N4. The van der Waals surface area contributed by atoms with Crippen LogP contribution in [0.15, 0.2) is 24.5 Å². The van der Waals surface area contributed by atoms with E-state index in [1.165, 1.54) is 12.0 Å². The van der Waals surface area contributed by atoms with Crippen molar-refractivity contribution in [3.05, 3.63) is 30.1 Å². The average Bonchev–Trinajstić information content (AvgIpc) is 2.78. The molecule has 0 saturated carbocycles. The van der Waals surface area contributed by atoms with Crippen LogP contribution in [0.25, 0.3) is 21.9 Å². The summed E-state index contributed by atoms with van der Waals surface area (Å²) in [4.78, 5) is 12.2. The second kappa shape index (κ2) is 4.88. The fraction of sp³-hybridized carbons (Fsp3) is 0.333. The molecule has 0 bridgehead atoms. The van der Waals surface area contributed by atoms with Gasteiger partial charge in [0, 0.05) is 17.4 Å². The van der Waals surface area contributed by atoms with Crippen molar-refractivity contribution in [3.8, 4) is 0 Å². The van der Waals surface area contributed by atoms with Crippen LogP contribution in [0, 0.1) is 6.92 Å². The van der Waals surface area contributed by atoms with Crippen LogP contribution in [0.5, 0.6) is 0 Å². The van der Waals surface area contributed by atoms with Gasteiger partial charge in [-0.25, -0.2) is 9.97 Å². The van der Waals surface area contributed by atoms with Gasteiger partial charge in [-0.2, -0.15) is 0 Å². The van der Waals surface area contributed by atoms with Crippen LogP contribution < -0.4 is 5.32 Å². The van der Waals surface area contributed by atoms with Crippen molar-refractivity contribution in [2.75, 3.05) is 11.9 Å². The van der Waals surface area contributed by atoms with Crippen LogP contribution >= 0.6 is 0 Å². The zero-order valence-electron chi connectivity index (χ0n) is 11.3. The van der Waals surface area contributed by atoms with Crippen molar-refractivity contribution >= 4 is 27.8 Å². The van der Waals surface area contributed by atoms with Crippen LogP contribution in [0.1, 0.15) is 25.3 Å². The monoisotopic (exact) mass is 254 g/mol. The van der Waals surface area contributed by atoms with Gasteiger partial charge >= 0.3 is 0 Å². The number of unbranched alkanes of at least 4 members (excludes halogenated alkanes) is 1. The van der Waals surface area contributed by atoms with Gasteiger partial charge < -0.3 is 10.3 Å². The van der Waals surface area contributed by atoms with Gasteiger partial charge in [0.1, 0.15) is 17.4 Å². The number of H-pyrrole nitrogens is 1. The average molecular weight is 254 g/mol. The summed E-state index contributed by atoms with van der Waals surface area (Å²) in [7, 11) is 0. The highest BCUT2D eigenvalue weighted by Crippen LogP contribution is 2.27. The quantitative estimate of drug-likeness (QED) is 0.699. The minimum absolute atomic E-state index is 0.896. The summed E-state index contributed by atoms with van der Waals surface area (Å²) in [6.07, 6.45) is 3.95. The molecule has 2 heterocycles. The number of hydrogen-bond donors (Lipinski definition) is 2. The maximum Gasteiger partial charge on any atom is 0.153 e. The van der Waals surface area contributed by atoms with Crippen molar-refractivity contribution in [1.82, 2.24) is 15.0 Å². The zero-order chi connectivity index (χ0) is 13.2. The van der Waals surface area contributed by atoms with Gasteiger partial charge in [-0.3, -0.25) is 0 Å². The fourth-order valence-electron chi connectivity index (χ4n) is 2.32. The number of rotatable bonds is 4. The van der Waals surface area contributed by atoms with Gasteiger partial charge in [0.15, 0.2) is 5.82 Å². The molecule has 4 heteroatoms. The second-order valence-corrected chi connectivity index (χ2v) is 4.90. The van der Waals surface area contributed by atoms with Gasteiger partial charge in [0.05, 0.1) is 0 Å². The lowest BCUT2D eigenvalue weighted by Crippen LogP contribution is -2.03. The van der Waals surface area contributed by atoms with E-state index in [4.69, 9.17) is 0 Å². The summed E-state index contributed by atoms with van der Waals surface area (Å²) in [5, 5.41) is 4.54. The van der Waals surface area contributed by atoms with Crippen LogP contribution in [0.2, 0.25) is 0 Å². The number of aryl methyl sites for hydroxylation is 1. The molecule has 0 aliphatic rings. The summed E-state index contributed by atoms with van der Waals surface area (Å²) < 4.78 is 0. The maximum atomic E-state index is 4.42. The number of aromatic amines is 1. The van der Waals surface area contributed by atoms with Crippen LogP contribution in [0.4, 0.5) is 5.82 Å². The van der Waals surface area contributed by atoms with E-state index in [0.717, 1.165) is 40.7 Å². The van der Waals surface area contributed by atoms with E-state index in [2.05, 4.69) is 52.3 Å². The van der Waals surface area contributed by atoms with Crippen molar-refractivity contribution in [3.63, 3.8) is 0 Å². The normalized spacial score (nSPS) is 11.3. The van der Waals surface area contributed by atoms with Gasteiger partial charge in [-0.15, -0.1) is 0 Å². The molecule has 2 aromatic heterocycles. The maximum absolute atomic E-state index is 4.42. The van der Waals surface area contributed by atoms with E-state index < -0.39 is 0 Å². The molecule has 0 spiro atoms. The smallest absolute Gasteiger partial charge is 0.153 e. The predicted octanol–water partition coefficient (Wildman–Crippen LogP) is 3.63. The van der Waals surface area contributed by atoms with Crippen LogP contribution in [0.3, 0.4) is 0 Å². The van der Waals surface area contributed by atoms with E-state index >= 15 is 0 Å². The first-order chi connectivity index (χ1) is 9.29. The minimum Gasteiger partial charge on any atom is -0.368 e. The Morgan fingerprint density at radius 1 is 1.26 bits per heavy atom. The lowest BCUT2D eigenvalue weighted by atomic mass is 10.1. The Labute approximate surface area is 112 Å². The largest absolute Gasteiger partial charge is 0.368 e. The van der Waals surface area contributed by atoms with Crippen molar-refractivity contribution in [2.45, 2.75) is 26.7 Å². The third-order valence-corrected chi connectivity index (χ3v) is 3.36. The Bertz CT molecular complexity index is 715. The van der Waals surface area contributed by atoms with Crippen molar-refractivity contribution in [1.29, 1.82) is 0 Å². The molecule has 0 aliphatic heterocycles. The van der Waals surface area contributed by atoms with E-state index in [0.29, 0.717) is 0 Å². The third-order valence-electron chi connectivity index (χ3n) is 3.36. The van der Waals surface area contributed by atoms with Gasteiger partial charge in [0.25, 0.3) is 0 Å². The Kier molecular flexibility index (Phi) is 3.07. The number of nitrogens with zero attached hydrogens (tertiary/aromatic N) is 2. The first kappa shape index (κ1) is 12.0. The third kappa shape index (κ3) is 2.14. The summed E-state index contributed by atoms with van der Waals surface area (Å²) in [6.45, 7) is 5.22. The molecule has 0 amide bonds. The number of aromatic nitrogens is 3. The van der Waals surface area contributed by atoms with Gasteiger partial charge in [-0.05, 0) is 25.5 Å². The number of fused-ring (bicyclic) bond motifs is 3. The second-order valence-electron chi connectivity index (χ2n) is 4.90. The Morgan fingerprint density at radius 2 is 2.16 bits per heavy atom. The summed E-state index contributed by atoms with van der Waals surface area (Å²) in [5.74, 6) is 0.896. The molecule has 0 atom stereocenters. The van der Waals surface area contributed by atoms with Crippen molar-refractivity contribution in [2.24, 2.45) is 0 Å². The predicted molar refractivity (Wildman–Crippen MR) is 79.5 cm³/mol.